The molecular weight excluding hydrogens is 368 g/mol. The molecule has 0 amide bonds. The highest BCUT2D eigenvalue weighted by Gasteiger charge is 2.39. The van der Waals surface area contributed by atoms with Crippen LogP contribution in [0.4, 0.5) is 0 Å². The number of carbonyl (C=O) groups excluding carboxylic acids is 2. The molecule has 1 aromatic carbocycles. The summed E-state index contributed by atoms with van der Waals surface area (Å²) in [5.41, 5.74) is 3.12. The minimum absolute atomic E-state index is 0.228. The molecule has 0 radical (unpaired) electrons. The second kappa shape index (κ2) is 8.82. The molecule has 2 aliphatic rings. The molecule has 0 spiro atoms. The Morgan fingerprint density at radius 1 is 1.10 bits per heavy atom. The van der Waals surface area contributed by atoms with E-state index < -0.39 is 11.6 Å². The number of esters is 2. The van der Waals surface area contributed by atoms with Crippen molar-refractivity contribution in [2.45, 2.75) is 52.7 Å². The van der Waals surface area contributed by atoms with Crippen LogP contribution in [-0.2, 0) is 25.6 Å². The van der Waals surface area contributed by atoms with Gasteiger partial charge in [0.1, 0.15) is 5.60 Å². The minimum atomic E-state index is -0.542. The van der Waals surface area contributed by atoms with Crippen molar-refractivity contribution in [3.63, 3.8) is 0 Å². The fourth-order valence-corrected chi connectivity index (χ4v) is 3.91. The topological polar surface area (TPSA) is 67.9 Å². The monoisotopic (exact) mass is 398 g/mol. The predicted octanol–water partition coefficient (Wildman–Crippen LogP) is 3.30. The summed E-state index contributed by atoms with van der Waals surface area (Å²) in [5.74, 6) is -0.759. The lowest BCUT2D eigenvalue weighted by Crippen LogP contribution is -2.37. The first-order valence-corrected chi connectivity index (χ1v) is 10.1. The SMILES string of the molecule is CCOC(=O)C1=C(C)NC(C)=C(C(=O)O[C@]2(C)CCN(Cc3ccccc3)C2)C1. The van der Waals surface area contributed by atoms with Crippen molar-refractivity contribution in [1.82, 2.24) is 10.2 Å². The summed E-state index contributed by atoms with van der Waals surface area (Å²) < 4.78 is 11.1. The zero-order chi connectivity index (χ0) is 21.0. The summed E-state index contributed by atoms with van der Waals surface area (Å²) in [6.07, 6.45) is 1.01. The third kappa shape index (κ3) is 5.07. The molecule has 0 aromatic heterocycles. The van der Waals surface area contributed by atoms with Gasteiger partial charge in [0.25, 0.3) is 0 Å². The van der Waals surface area contributed by atoms with Gasteiger partial charge in [0, 0.05) is 43.9 Å². The molecule has 2 heterocycles. The van der Waals surface area contributed by atoms with Crippen LogP contribution >= 0.6 is 0 Å². The van der Waals surface area contributed by atoms with Crippen LogP contribution in [0.5, 0.6) is 0 Å². The fourth-order valence-electron chi connectivity index (χ4n) is 3.91. The first-order chi connectivity index (χ1) is 13.8. The number of rotatable bonds is 6. The van der Waals surface area contributed by atoms with E-state index in [9.17, 15) is 9.59 Å². The summed E-state index contributed by atoms with van der Waals surface area (Å²) in [5, 5.41) is 3.13. The molecular formula is C23H30N2O4. The fraction of sp³-hybridized carbons (Fsp3) is 0.478. The average Bonchev–Trinajstić information content (AvgIpc) is 3.02. The summed E-state index contributed by atoms with van der Waals surface area (Å²) in [7, 11) is 0. The van der Waals surface area contributed by atoms with Crippen LogP contribution in [0.25, 0.3) is 0 Å². The van der Waals surface area contributed by atoms with Crippen LogP contribution in [0.2, 0.25) is 0 Å². The quantitative estimate of drug-likeness (QED) is 0.742. The van der Waals surface area contributed by atoms with E-state index in [0.29, 0.717) is 24.3 Å². The first-order valence-electron chi connectivity index (χ1n) is 10.1. The Hall–Kier alpha value is -2.60. The Labute approximate surface area is 172 Å². The van der Waals surface area contributed by atoms with Crippen molar-refractivity contribution in [2.24, 2.45) is 0 Å². The van der Waals surface area contributed by atoms with Crippen LogP contribution in [0.15, 0.2) is 52.9 Å². The summed E-state index contributed by atoms with van der Waals surface area (Å²) in [6, 6.07) is 10.3. The van der Waals surface area contributed by atoms with Crippen LogP contribution in [0, 0.1) is 0 Å². The van der Waals surface area contributed by atoms with Crippen LogP contribution in [-0.4, -0.2) is 42.1 Å². The van der Waals surface area contributed by atoms with E-state index in [1.54, 1.807) is 6.92 Å². The van der Waals surface area contributed by atoms with Crippen molar-refractivity contribution in [3.8, 4) is 0 Å². The standard InChI is InChI=1S/C23H30N2O4/c1-5-28-21(26)19-13-20(17(3)24-16(19)2)22(27)29-23(4)11-12-25(15-23)14-18-9-7-6-8-10-18/h6-10,24H,5,11-15H2,1-4H3/t23-/m1/s1. The van der Waals surface area contributed by atoms with Gasteiger partial charge < -0.3 is 14.8 Å². The van der Waals surface area contributed by atoms with Gasteiger partial charge >= 0.3 is 11.9 Å². The maximum absolute atomic E-state index is 13.0. The number of benzene rings is 1. The highest BCUT2D eigenvalue weighted by Crippen LogP contribution is 2.30. The molecule has 0 saturated carbocycles. The van der Waals surface area contributed by atoms with Gasteiger partial charge in [-0.15, -0.1) is 0 Å². The third-order valence-electron chi connectivity index (χ3n) is 5.51. The van der Waals surface area contributed by atoms with Gasteiger partial charge in [-0.2, -0.15) is 0 Å². The Kier molecular flexibility index (Phi) is 6.42. The van der Waals surface area contributed by atoms with E-state index in [0.717, 1.165) is 30.9 Å². The van der Waals surface area contributed by atoms with Crippen molar-refractivity contribution < 1.29 is 19.1 Å². The molecule has 0 aliphatic carbocycles. The highest BCUT2D eigenvalue weighted by molar-refractivity contribution is 5.96. The van der Waals surface area contributed by atoms with Gasteiger partial charge in [0.15, 0.2) is 0 Å². The highest BCUT2D eigenvalue weighted by atomic mass is 16.6. The maximum Gasteiger partial charge on any atom is 0.336 e. The Morgan fingerprint density at radius 3 is 2.41 bits per heavy atom. The molecule has 29 heavy (non-hydrogen) atoms. The molecule has 156 valence electrons. The summed E-state index contributed by atoms with van der Waals surface area (Å²) >= 11 is 0. The average molecular weight is 399 g/mol. The number of ether oxygens (including phenoxy) is 2. The second-order valence-corrected chi connectivity index (χ2v) is 8.02. The molecule has 0 unspecified atom stereocenters. The summed E-state index contributed by atoms with van der Waals surface area (Å²) in [6.45, 7) is 10.1. The molecule has 6 nitrogen and oxygen atoms in total. The number of allylic oxidation sites excluding steroid dienone is 2. The van der Waals surface area contributed by atoms with E-state index in [2.05, 4.69) is 22.3 Å². The lowest BCUT2D eigenvalue weighted by molar-refractivity contribution is -0.152. The van der Waals surface area contributed by atoms with Crippen LogP contribution < -0.4 is 5.32 Å². The molecule has 1 N–H and O–H groups in total. The van der Waals surface area contributed by atoms with Gasteiger partial charge in [-0.05, 0) is 33.3 Å². The first kappa shape index (κ1) is 21.1. The Morgan fingerprint density at radius 2 is 1.76 bits per heavy atom. The number of nitrogens with one attached hydrogen (secondary N) is 1. The molecule has 1 fully saturated rings. The van der Waals surface area contributed by atoms with Crippen molar-refractivity contribution >= 4 is 11.9 Å². The minimum Gasteiger partial charge on any atom is -0.463 e. The molecule has 0 bridgehead atoms. The Balaban J connectivity index is 1.63. The van der Waals surface area contributed by atoms with Gasteiger partial charge in [0.05, 0.1) is 17.8 Å². The van der Waals surface area contributed by atoms with E-state index in [1.165, 1.54) is 5.56 Å². The van der Waals surface area contributed by atoms with Crippen molar-refractivity contribution in [1.29, 1.82) is 0 Å². The molecule has 1 atom stereocenters. The molecule has 1 aromatic rings. The van der Waals surface area contributed by atoms with E-state index in [4.69, 9.17) is 9.47 Å². The lowest BCUT2D eigenvalue weighted by Gasteiger charge is -2.28. The largest absolute Gasteiger partial charge is 0.463 e. The molecule has 1 saturated heterocycles. The molecule has 3 rings (SSSR count). The van der Waals surface area contributed by atoms with Gasteiger partial charge in [-0.3, -0.25) is 4.90 Å². The van der Waals surface area contributed by atoms with E-state index in [-0.39, 0.29) is 12.4 Å². The number of carbonyl (C=O) groups is 2. The van der Waals surface area contributed by atoms with Crippen LogP contribution in [0.1, 0.15) is 46.1 Å². The number of hydrogen-bond donors (Lipinski definition) is 1. The summed E-state index contributed by atoms with van der Waals surface area (Å²) in [4.78, 5) is 27.5. The van der Waals surface area contributed by atoms with Gasteiger partial charge in [0.2, 0.25) is 0 Å². The molecule has 2 aliphatic heterocycles. The number of dihydropyridines is 1. The lowest BCUT2D eigenvalue weighted by atomic mass is 9.97. The van der Waals surface area contributed by atoms with Gasteiger partial charge in [-0.25, -0.2) is 9.59 Å². The number of likely N-dealkylation sites (tertiary alicyclic amines) is 1. The van der Waals surface area contributed by atoms with Crippen molar-refractivity contribution in [2.75, 3.05) is 19.7 Å². The second-order valence-electron chi connectivity index (χ2n) is 8.02. The maximum atomic E-state index is 13.0. The van der Waals surface area contributed by atoms with Gasteiger partial charge in [-0.1, -0.05) is 30.3 Å². The Bertz CT molecular complexity index is 844. The predicted molar refractivity (Wildman–Crippen MR) is 111 cm³/mol. The number of hydrogen-bond acceptors (Lipinski definition) is 6. The van der Waals surface area contributed by atoms with E-state index >= 15 is 0 Å². The smallest absolute Gasteiger partial charge is 0.336 e. The van der Waals surface area contributed by atoms with E-state index in [1.807, 2.05) is 39.0 Å². The molecule has 6 heteroatoms. The number of nitrogens with zero attached hydrogens (tertiary/aromatic N) is 1. The van der Waals surface area contributed by atoms with Crippen LogP contribution in [0.3, 0.4) is 0 Å². The normalized spacial score (nSPS) is 22.5. The van der Waals surface area contributed by atoms with Crippen molar-refractivity contribution in [3.05, 3.63) is 58.4 Å². The zero-order valence-corrected chi connectivity index (χ0v) is 17.7. The third-order valence-corrected chi connectivity index (χ3v) is 5.51. The zero-order valence-electron chi connectivity index (χ0n) is 17.7.